The fourth-order valence-electron chi connectivity index (χ4n) is 1.67. The van der Waals surface area contributed by atoms with E-state index < -0.39 is 10.0 Å². The third-order valence-corrected chi connectivity index (χ3v) is 6.64. The van der Waals surface area contributed by atoms with Crippen molar-refractivity contribution in [2.75, 3.05) is 24.3 Å². The van der Waals surface area contributed by atoms with E-state index in [2.05, 4.69) is 4.98 Å². The molecule has 21 heavy (non-hydrogen) atoms. The van der Waals surface area contributed by atoms with Crippen LogP contribution in [0.4, 0.5) is 5.69 Å². The van der Waals surface area contributed by atoms with Gasteiger partial charge in [0, 0.05) is 28.8 Å². The average Bonchev–Trinajstić information content (AvgIpc) is 2.93. The molecule has 114 valence electrons. The highest BCUT2D eigenvalue weighted by atomic mass is 32.2. The van der Waals surface area contributed by atoms with Crippen LogP contribution in [0.5, 0.6) is 0 Å². The van der Waals surface area contributed by atoms with Crippen molar-refractivity contribution in [3.05, 3.63) is 40.8 Å². The van der Waals surface area contributed by atoms with Gasteiger partial charge < -0.3 is 5.73 Å². The van der Waals surface area contributed by atoms with Crippen molar-refractivity contribution in [3.8, 4) is 0 Å². The highest BCUT2D eigenvalue weighted by Crippen LogP contribution is 2.24. The fourth-order valence-corrected chi connectivity index (χ4v) is 4.66. The lowest BCUT2D eigenvalue weighted by molar-refractivity contribution is 0.464. The van der Waals surface area contributed by atoms with Crippen LogP contribution in [-0.2, 0) is 16.6 Å². The second-order valence-corrected chi connectivity index (χ2v) is 8.49. The van der Waals surface area contributed by atoms with E-state index >= 15 is 0 Å². The third kappa shape index (κ3) is 4.70. The van der Waals surface area contributed by atoms with Crippen molar-refractivity contribution in [2.45, 2.75) is 11.4 Å². The summed E-state index contributed by atoms with van der Waals surface area (Å²) in [7, 11) is -1.70. The Morgan fingerprint density at radius 1 is 1.38 bits per heavy atom. The lowest BCUT2D eigenvalue weighted by Crippen LogP contribution is -2.29. The minimum absolute atomic E-state index is 0.0760. The first kappa shape index (κ1) is 16.3. The van der Waals surface area contributed by atoms with Gasteiger partial charge in [0.05, 0.1) is 23.5 Å². The van der Waals surface area contributed by atoms with Gasteiger partial charge in [0.25, 0.3) is 0 Å². The summed E-state index contributed by atoms with van der Waals surface area (Å²) in [6, 6.07) is 7.45. The first-order valence-corrected chi connectivity index (χ1v) is 9.81. The predicted octanol–water partition coefficient (Wildman–Crippen LogP) is 2.28. The Hall–Kier alpha value is -1.09. The van der Waals surface area contributed by atoms with Gasteiger partial charge in [-0.3, -0.25) is 0 Å². The van der Waals surface area contributed by atoms with Gasteiger partial charge in [-0.1, -0.05) is 12.1 Å². The third-order valence-electron chi connectivity index (χ3n) is 2.86. The molecule has 2 rings (SSSR count). The van der Waals surface area contributed by atoms with Gasteiger partial charge in [-0.05, 0) is 12.1 Å². The van der Waals surface area contributed by atoms with Crippen LogP contribution in [-0.4, -0.2) is 36.3 Å². The fraction of sp³-hybridized carbons (Fsp3) is 0.308. The first-order chi connectivity index (χ1) is 9.99. The van der Waals surface area contributed by atoms with Crippen molar-refractivity contribution in [3.63, 3.8) is 0 Å². The number of hydrogen-bond acceptors (Lipinski definition) is 6. The number of para-hydroxylation sites is 1. The summed E-state index contributed by atoms with van der Waals surface area (Å²) >= 11 is 2.91. The van der Waals surface area contributed by atoms with Crippen LogP contribution in [0.25, 0.3) is 0 Å². The second-order valence-electron chi connectivity index (χ2n) is 4.44. The summed E-state index contributed by atoms with van der Waals surface area (Å²) in [5.74, 6) is 0.546. The van der Waals surface area contributed by atoms with Crippen molar-refractivity contribution in [1.82, 2.24) is 9.29 Å². The number of nitrogens with zero attached hydrogens (tertiary/aromatic N) is 2. The highest BCUT2D eigenvalue weighted by molar-refractivity contribution is 8.00. The van der Waals surface area contributed by atoms with E-state index in [9.17, 15) is 8.42 Å². The van der Waals surface area contributed by atoms with Crippen molar-refractivity contribution < 1.29 is 8.42 Å². The molecule has 1 heterocycles. The molecule has 2 N–H and O–H groups in total. The number of benzene rings is 1. The van der Waals surface area contributed by atoms with Gasteiger partial charge in [-0.15, -0.1) is 23.1 Å². The van der Waals surface area contributed by atoms with E-state index in [0.717, 1.165) is 10.6 Å². The Morgan fingerprint density at radius 2 is 2.14 bits per heavy atom. The average molecular weight is 343 g/mol. The number of thiazole rings is 1. The summed E-state index contributed by atoms with van der Waals surface area (Å²) in [5, 5.41) is 1.85. The lowest BCUT2D eigenvalue weighted by atomic mass is 10.3. The zero-order chi connectivity index (χ0) is 15.3. The van der Waals surface area contributed by atoms with Crippen molar-refractivity contribution in [1.29, 1.82) is 0 Å². The number of anilines is 1. The minimum atomic E-state index is -3.28. The van der Waals surface area contributed by atoms with Gasteiger partial charge in [-0.25, -0.2) is 13.4 Å². The smallest absolute Gasteiger partial charge is 0.215 e. The van der Waals surface area contributed by atoms with Gasteiger partial charge in [0.15, 0.2) is 0 Å². The molecule has 0 saturated carbocycles. The molecular weight excluding hydrogens is 326 g/mol. The molecule has 0 aliphatic carbocycles. The molecule has 0 spiro atoms. The summed E-state index contributed by atoms with van der Waals surface area (Å²) in [5.41, 5.74) is 8.98. The van der Waals surface area contributed by atoms with E-state index in [1.165, 1.54) is 27.4 Å². The number of nitrogens with two attached hydrogens (primary N) is 1. The molecule has 0 fully saturated rings. The normalized spacial score (nSPS) is 11.9. The number of sulfonamides is 1. The van der Waals surface area contributed by atoms with Gasteiger partial charge >= 0.3 is 0 Å². The number of hydrogen-bond donors (Lipinski definition) is 1. The molecule has 0 bridgehead atoms. The van der Waals surface area contributed by atoms with E-state index in [-0.39, 0.29) is 5.75 Å². The molecule has 0 unspecified atom stereocenters. The molecule has 0 atom stereocenters. The molecule has 2 aromatic rings. The zero-order valence-electron chi connectivity index (χ0n) is 11.6. The molecular formula is C13H17N3O2S3. The Balaban J connectivity index is 1.88. The van der Waals surface area contributed by atoms with Crippen LogP contribution in [0.3, 0.4) is 0 Å². The van der Waals surface area contributed by atoms with E-state index in [4.69, 9.17) is 5.73 Å². The quantitative estimate of drug-likeness (QED) is 0.616. The standard InChI is InChI=1S/C13H17N3O2S3/c1-16(8-11-9-19-10-15-11)21(17,18)7-6-20-13-5-3-2-4-12(13)14/h2-5,9-10H,6-8,14H2,1H3. The van der Waals surface area contributed by atoms with Crippen LogP contribution in [0.1, 0.15) is 5.69 Å². The molecule has 0 aliphatic heterocycles. The van der Waals surface area contributed by atoms with Crippen LogP contribution in [0.15, 0.2) is 40.1 Å². The maximum absolute atomic E-state index is 12.2. The molecule has 0 amide bonds. The molecule has 8 heteroatoms. The van der Waals surface area contributed by atoms with Gasteiger partial charge in [0.2, 0.25) is 10.0 Å². The Labute approximate surface area is 133 Å². The SMILES string of the molecule is CN(Cc1cscn1)S(=O)(=O)CCSc1ccccc1N. The number of rotatable bonds is 7. The number of aromatic nitrogens is 1. The Kier molecular flexibility index (Phi) is 5.63. The Morgan fingerprint density at radius 3 is 2.81 bits per heavy atom. The zero-order valence-corrected chi connectivity index (χ0v) is 14.0. The minimum Gasteiger partial charge on any atom is -0.398 e. The maximum atomic E-state index is 12.2. The Bertz CT molecular complexity index is 672. The lowest BCUT2D eigenvalue weighted by Gasteiger charge is -2.16. The van der Waals surface area contributed by atoms with Crippen molar-refractivity contribution >= 4 is 38.8 Å². The number of nitrogen functional groups attached to an aromatic ring is 1. The summed E-state index contributed by atoms with van der Waals surface area (Å²) in [6.07, 6.45) is 0. The molecule has 1 aromatic carbocycles. The maximum Gasteiger partial charge on any atom is 0.215 e. The summed E-state index contributed by atoms with van der Waals surface area (Å²) < 4.78 is 25.7. The van der Waals surface area contributed by atoms with Crippen LogP contribution >= 0.6 is 23.1 Å². The molecule has 1 aromatic heterocycles. The second kappa shape index (κ2) is 7.26. The van der Waals surface area contributed by atoms with Gasteiger partial charge in [0.1, 0.15) is 0 Å². The monoisotopic (exact) mass is 343 g/mol. The van der Waals surface area contributed by atoms with Gasteiger partial charge in [-0.2, -0.15) is 4.31 Å². The largest absolute Gasteiger partial charge is 0.398 e. The predicted molar refractivity (Wildman–Crippen MR) is 88.9 cm³/mol. The molecule has 0 radical (unpaired) electrons. The van der Waals surface area contributed by atoms with Crippen LogP contribution in [0, 0.1) is 0 Å². The molecule has 0 saturated heterocycles. The molecule has 5 nitrogen and oxygen atoms in total. The van der Waals surface area contributed by atoms with E-state index in [1.54, 1.807) is 12.6 Å². The van der Waals surface area contributed by atoms with E-state index in [1.807, 2.05) is 29.6 Å². The van der Waals surface area contributed by atoms with Crippen LogP contribution < -0.4 is 5.73 Å². The molecule has 0 aliphatic rings. The topological polar surface area (TPSA) is 76.3 Å². The summed E-state index contributed by atoms with van der Waals surface area (Å²) in [4.78, 5) is 5.01. The highest BCUT2D eigenvalue weighted by Gasteiger charge is 2.18. The first-order valence-electron chi connectivity index (χ1n) is 6.27. The van der Waals surface area contributed by atoms with Crippen LogP contribution in [0.2, 0.25) is 0 Å². The number of thioether (sulfide) groups is 1. The van der Waals surface area contributed by atoms with Crippen molar-refractivity contribution in [2.24, 2.45) is 0 Å². The van der Waals surface area contributed by atoms with E-state index in [0.29, 0.717) is 18.0 Å². The summed E-state index contributed by atoms with van der Waals surface area (Å²) in [6.45, 7) is 0.309.